The molecule has 0 aliphatic carbocycles. The quantitative estimate of drug-likeness (QED) is 0.689. The predicted octanol–water partition coefficient (Wildman–Crippen LogP) is 3.38. The first-order valence-electron chi connectivity index (χ1n) is 9.13. The van der Waals surface area contributed by atoms with Crippen molar-refractivity contribution in [1.29, 1.82) is 0 Å². The number of nitrogens with zero attached hydrogens (tertiary/aromatic N) is 2. The van der Waals surface area contributed by atoms with E-state index in [9.17, 15) is 14.7 Å². The Bertz CT molecular complexity index is 993. The van der Waals surface area contributed by atoms with Crippen LogP contribution in [0, 0.1) is 0 Å². The number of aliphatic hydroxyl groups is 1. The summed E-state index contributed by atoms with van der Waals surface area (Å²) in [6.45, 7) is 0.0386. The molecule has 0 radical (unpaired) electrons. The van der Waals surface area contributed by atoms with Crippen molar-refractivity contribution in [3.63, 3.8) is 0 Å². The van der Waals surface area contributed by atoms with E-state index < -0.39 is 24.1 Å². The van der Waals surface area contributed by atoms with Crippen molar-refractivity contribution in [3.8, 4) is 17.0 Å². The summed E-state index contributed by atoms with van der Waals surface area (Å²) < 4.78 is 5.32. The molecule has 4 rings (SSSR count). The molecule has 8 heteroatoms. The van der Waals surface area contributed by atoms with Gasteiger partial charge in [0.15, 0.2) is 5.13 Å². The van der Waals surface area contributed by atoms with Gasteiger partial charge in [-0.25, -0.2) is 9.78 Å². The number of aromatic nitrogens is 1. The number of likely N-dealkylation sites (tertiary alicyclic amines) is 1. The van der Waals surface area contributed by atoms with E-state index in [1.165, 1.54) is 16.2 Å². The minimum Gasteiger partial charge on any atom is -0.410 e. The van der Waals surface area contributed by atoms with Gasteiger partial charge in [-0.15, -0.1) is 11.3 Å². The highest BCUT2D eigenvalue weighted by Gasteiger charge is 2.40. The van der Waals surface area contributed by atoms with Gasteiger partial charge in [-0.05, 0) is 12.1 Å². The molecule has 2 amide bonds. The molecule has 7 nitrogen and oxygen atoms in total. The number of β-amino-alcohol motifs (C(OH)–C–C–N with tert-alkyl or cyclic N) is 1. The molecular formula is C21H19N3O4S. The average Bonchev–Trinajstić information content (AvgIpc) is 3.36. The fraction of sp³-hybridized carbons (Fsp3) is 0.190. The number of ether oxygens (including phenoxy) is 1. The van der Waals surface area contributed by atoms with Crippen LogP contribution < -0.4 is 10.1 Å². The van der Waals surface area contributed by atoms with Crippen molar-refractivity contribution in [2.75, 3.05) is 11.9 Å². The van der Waals surface area contributed by atoms with E-state index in [4.69, 9.17) is 4.74 Å². The summed E-state index contributed by atoms with van der Waals surface area (Å²) in [4.78, 5) is 31.0. The zero-order chi connectivity index (χ0) is 20.2. The molecule has 2 heterocycles. The average molecular weight is 409 g/mol. The van der Waals surface area contributed by atoms with Crippen molar-refractivity contribution >= 4 is 28.5 Å². The van der Waals surface area contributed by atoms with Crippen molar-refractivity contribution < 1.29 is 19.4 Å². The highest BCUT2D eigenvalue weighted by Crippen LogP contribution is 2.26. The van der Waals surface area contributed by atoms with Crippen molar-refractivity contribution in [3.05, 3.63) is 66.0 Å². The normalized spacial score (nSPS) is 18.4. The van der Waals surface area contributed by atoms with Crippen LogP contribution in [0.25, 0.3) is 11.3 Å². The fourth-order valence-electron chi connectivity index (χ4n) is 3.17. The lowest BCUT2D eigenvalue weighted by atomic mass is 10.2. The number of aliphatic hydroxyl groups excluding tert-OH is 1. The number of hydrogen-bond acceptors (Lipinski definition) is 6. The molecule has 2 aromatic carbocycles. The SMILES string of the molecule is O=C(Nc1nc(-c2ccccc2)cs1)[C@@H]1C[C@H](O)CN1C(=O)Oc1ccccc1. The van der Waals surface area contributed by atoms with E-state index >= 15 is 0 Å². The van der Waals surface area contributed by atoms with Gasteiger partial charge < -0.3 is 15.2 Å². The van der Waals surface area contributed by atoms with Gasteiger partial charge in [0.1, 0.15) is 11.8 Å². The maximum Gasteiger partial charge on any atom is 0.416 e. The Kier molecular flexibility index (Phi) is 5.55. The number of nitrogens with one attached hydrogen (secondary N) is 1. The first kappa shape index (κ1) is 19.1. The van der Waals surface area contributed by atoms with Gasteiger partial charge in [0, 0.05) is 17.4 Å². The fourth-order valence-corrected chi connectivity index (χ4v) is 3.90. The molecule has 1 saturated heterocycles. The summed E-state index contributed by atoms with van der Waals surface area (Å²) in [6.07, 6.45) is -1.31. The number of para-hydroxylation sites is 1. The number of thiazole rings is 1. The lowest BCUT2D eigenvalue weighted by Gasteiger charge is -2.22. The van der Waals surface area contributed by atoms with Crippen LogP contribution in [0.3, 0.4) is 0 Å². The van der Waals surface area contributed by atoms with Gasteiger partial charge in [0.25, 0.3) is 0 Å². The third-order valence-corrected chi connectivity index (χ3v) is 5.33. The maximum atomic E-state index is 12.8. The van der Waals surface area contributed by atoms with Crippen LogP contribution in [0.15, 0.2) is 66.0 Å². The molecule has 0 saturated carbocycles. The van der Waals surface area contributed by atoms with Gasteiger partial charge in [-0.2, -0.15) is 0 Å². The number of benzene rings is 2. The molecule has 0 unspecified atom stereocenters. The Balaban J connectivity index is 1.44. The number of amides is 2. The van der Waals surface area contributed by atoms with E-state index in [0.717, 1.165) is 11.3 Å². The number of rotatable bonds is 4. The zero-order valence-corrected chi connectivity index (χ0v) is 16.2. The largest absolute Gasteiger partial charge is 0.416 e. The first-order chi connectivity index (χ1) is 14.1. The van der Waals surface area contributed by atoms with Crippen molar-refractivity contribution in [2.24, 2.45) is 0 Å². The number of hydrogen-bond donors (Lipinski definition) is 2. The third kappa shape index (κ3) is 4.44. The number of anilines is 1. The smallest absolute Gasteiger partial charge is 0.410 e. The lowest BCUT2D eigenvalue weighted by molar-refractivity contribution is -0.119. The molecule has 2 atom stereocenters. The molecule has 29 heavy (non-hydrogen) atoms. The summed E-state index contributed by atoms with van der Waals surface area (Å²) in [7, 11) is 0. The highest BCUT2D eigenvalue weighted by atomic mass is 32.1. The minimum atomic E-state index is -0.828. The molecule has 3 aromatic rings. The van der Waals surface area contributed by atoms with Gasteiger partial charge in [-0.1, -0.05) is 48.5 Å². The van der Waals surface area contributed by atoms with Gasteiger partial charge >= 0.3 is 6.09 Å². The van der Waals surface area contributed by atoms with Crippen LogP contribution in [0.4, 0.5) is 9.93 Å². The Hall–Kier alpha value is -3.23. The lowest BCUT2D eigenvalue weighted by Crippen LogP contribution is -2.44. The third-order valence-electron chi connectivity index (χ3n) is 4.57. The summed E-state index contributed by atoms with van der Waals surface area (Å²) in [5.74, 6) is -0.0222. The number of carbonyl (C=O) groups excluding carboxylic acids is 2. The summed E-state index contributed by atoms with van der Waals surface area (Å²) in [6, 6.07) is 17.4. The molecule has 1 aliphatic heterocycles. The van der Waals surface area contributed by atoms with Crippen molar-refractivity contribution in [2.45, 2.75) is 18.6 Å². The van der Waals surface area contributed by atoms with Crippen LogP contribution >= 0.6 is 11.3 Å². The molecule has 1 aromatic heterocycles. The topological polar surface area (TPSA) is 91.8 Å². The maximum absolute atomic E-state index is 12.8. The molecule has 0 bridgehead atoms. The second kappa shape index (κ2) is 8.42. The number of carbonyl (C=O) groups is 2. The summed E-state index contributed by atoms with van der Waals surface area (Å²) >= 11 is 1.30. The molecule has 1 fully saturated rings. The van der Waals surface area contributed by atoms with E-state index in [1.807, 2.05) is 41.8 Å². The molecular weight excluding hydrogens is 390 g/mol. The van der Waals surface area contributed by atoms with Gasteiger partial charge in [-0.3, -0.25) is 9.69 Å². The van der Waals surface area contributed by atoms with E-state index in [0.29, 0.717) is 10.9 Å². The highest BCUT2D eigenvalue weighted by molar-refractivity contribution is 7.14. The standard InChI is InChI=1S/C21H19N3O4S/c25-15-11-18(24(12-15)21(27)28-16-9-5-2-6-10-16)19(26)23-20-22-17(13-29-20)14-7-3-1-4-8-14/h1-10,13,15,18,25H,11-12H2,(H,22,23,26)/t15-,18-/m0/s1. The van der Waals surface area contributed by atoms with Crippen LogP contribution in [0.2, 0.25) is 0 Å². The Morgan fingerprint density at radius 1 is 1.10 bits per heavy atom. The summed E-state index contributed by atoms with van der Waals surface area (Å²) in [5, 5.41) is 15.1. The predicted molar refractivity (Wildman–Crippen MR) is 110 cm³/mol. The Morgan fingerprint density at radius 3 is 2.52 bits per heavy atom. The summed E-state index contributed by atoms with van der Waals surface area (Å²) in [5.41, 5.74) is 1.71. The van der Waals surface area contributed by atoms with Crippen LogP contribution in [-0.4, -0.2) is 45.7 Å². The van der Waals surface area contributed by atoms with E-state index in [1.54, 1.807) is 24.3 Å². The van der Waals surface area contributed by atoms with Gasteiger partial charge in [0.05, 0.1) is 18.3 Å². The minimum absolute atomic E-state index is 0.0386. The van der Waals surface area contributed by atoms with Crippen LogP contribution in [0.5, 0.6) is 5.75 Å². The van der Waals surface area contributed by atoms with Crippen molar-refractivity contribution in [1.82, 2.24) is 9.88 Å². The van der Waals surface area contributed by atoms with Crippen LogP contribution in [-0.2, 0) is 4.79 Å². The first-order valence-corrected chi connectivity index (χ1v) is 10.0. The van der Waals surface area contributed by atoms with E-state index in [2.05, 4.69) is 10.3 Å². The Labute approximate surface area is 171 Å². The molecule has 0 spiro atoms. The monoisotopic (exact) mass is 409 g/mol. The molecule has 1 aliphatic rings. The zero-order valence-electron chi connectivity index (χ0n) is 15.4. The van der Waals surface area contributed by atoms with E-state index in [-0.39, 0.29) is 13.0 Å². The van der Waals surface area contributed by atoms with Gasteiger partial charge in [0.2, 0.25) is 5.91 Å². The molecule has 2 N–H and O–H groups in total. The van der Waals surface area contributed by atoms with Crippen LogP contribution in [0.1, 0.15) is 6.42 Å². The second-order valence-electron chi connectivity index (χ2n) is 6.63. The Morgan fingerprint density at radius 2 is 1.79 bits per heavy atom. The molecule has 148 valence electrons. The second-order valence-corrected chi connectivity index (χ2v) is 7.49.